The van der Waals surface area contributed by atoms with Gasteiger partial charge in [0, 0.05) is 12.2 Å². The van der Waals surface area contributed by atoms with Crippen molar-refractivity contribution in [1.82, 2.24) is 10.3 Å². The average molecular weight is 273 g/mol. The highest BCUT2D eigenvalue weighted by Gasteiger charge is 2.11. The number of rotatable bonds is 5. The zero-order valence-electron chi connectivity index (χ0n) is 10.2. The van der Waals surface area contributed by atoms with Crippen LogP contribution in [0.25, 0.3) is 0 Å². The van der Waals surface area contributed by atoms with Crippen LogP contribution in [0.5, 0.6) is 0 Å². The van der Waals surface area contributed by atoms with Crippen molar-refractivity contribution < 1.29 is 4.79 Å². The molecular weight excluding hydrogens is 256 g/mol. The van der Waals surface area contributed by atoms with E-state index in [1.54, 1.807) is 18.3 Å². The number of hydrogen-bond acceptors (Lipinski definition) is 3. The van der Waals surface area contributed by atoms with E-state index < -0.39 is 0 Å². The van der Waals surface area contributed by atoms with Gasteiger partial charge in [-0.3, -0.25) is 4.79 Å². The minimum absolute atomic E-state index is 0.0120. The van der Waals surface area contributed by atoms with E-state index in [4.69, 9.17) is 11.6 Å². The molecule has 0 saturated carbocycles. The topological polar surface area (TPSA) is 42.0 Å². The predicted octanol–water partition coefficient (Wildman–Crippen LogP) is 2.99. The third-order valence-corrected chi connectivity index (χ3v) is 3.88. The van der Waals surface area contributed by atoms with Gasteiger partial charge in [-0.25, -0.2) is 4.98 Å². The highest BCUT2D eigenvalue weighted by molar-refractivity contribution is 8.00. The van der Waals surface area contributed by atoms with E-state index in [0.717, 1.165) is 0 Å². The van der Waals surface area contributed by atoms with Crippen LogP contribution in [0.15, 0.2) is 23.4 Å². The lowest BCUT2D eigenvalue weighted by atomic mass is 10.1. The first-order valence-corrected chi connectivity index (χ1v) is 6.89. The smallest absolute Gasteiger partial charge is 0.230 e. The van der Waals surface area contributed by atoms with Gasteiger partial charge < -0.3 is 5.32 Å². The van der Waals surface area contributed by atoms with Crippen molar-refractivity contribution in [3.05, 3.63) is 23.4 Å². The molecule has 5 heteroatoms. The number of nitrogens with one attached hydrogen (secondary N) is 1. The van der Waals surface area contributed by atoms with Crippen LogP contribution in [0.2, 0.25) is 5.02 Å². The molecule has 0 radical (unpaired) electrons. The fraction of sp³-hybridized carbons (Fsp3) is 0.500. The molecule has 3 nitrogen and oxygen atoms in total. The van der Waals surface area contributed by atoms with Crippen LogP contribution in [0, 0.1) is 5.92 Å². The van der Waals surface area contributed by atoms with Crippen LogP contribution in [-0.4, -0.2) is 22.7 Å². The lowest BCUT2D eigenvalue weighted by Gasteiger charge is -2.17. The number of amides is 1. The Kier molecular flexibility index (Phi) is 5.78. The minimum Gasteiger partial charge on any atom is -0.353 e. The molecule has 0 aliphatic rings. The molecule has 1 aromatic heterocycles. The first-order chi connectivity index (χ1) is 8.00. The molecule has 0 aliphatic carbocycles. The average Bonchev–Trinajstić information content (AvgIpc) is 2.27. The molecule has 1 N–H and O–H groups in total. The van der Waals surface area contributed by atoms with Gasteiger partial charge in [-0.15, -0.1) is 0 Å². The number of nitrogens with zero attached hydrogens (tertiary/aromatic N) is 1. The van der Waals surface area contributed by atoms with Crippen molar-refractivity contribution in [1.29, 1.82) is 0 Å². The van der Waals surface area contributed by atoms with Gasteiger partial charge in [-0.05, 0) is 25.0 Å². The van der Waals surface area contributed by atoms with E-state index in [2.05, 4.69) is 24.1 Å². The van der Waals surface area contributed by atoms with E-state index in [-0.39, 0.29) is 11.9 Å². The van der Waals surface area contributed by atoms with Crippen LogP contribution in [0.3, 0.4) is 0 Å². The van der Waals surface area contributed by atoms with Gasteiger partial charge in [0.2, 0.25) is 5.91 Å². The third kappa shape index (κ3) is 4.96. The molecule has 0 fully saturated rings. The zero-order chi connectivity index (χ0) is 12.8. The molecule has 1 aromatic rings. The fourth-order valence-corrected chi connectivity index (χ4v) is 2.05. The van der Waals surface area contributed by atoms with E-state index in [9.17, 15) is 4.79 Å². The highest BCUT2D eigenvalue weighted by Crippen LogP contribution is 2.23. The van der Waals surface area contributed by atoms with Gasteiger partial charge >= 0.3 is 0 Å². The van der Waals surface area contributed by atoms with Crippen molar-refractivity contribution in [2.24, 2.45) is 5.92 Å². The number of halogens is 1. The number of pyridine rings is 1. The SMILES string of the molecule is CC(C)C(C)NC(=O)CSc1ncccc1Cl. The predicted molar refractivity (Wildman–Crippen MR) is 72.4 cm³/mol. The van der Waals surface area contributed by atoms with Gasteiger partial charge in [-0.2, -0.15) is 0 Å². The van der Waals surface area contributed by atoms with Gasteiger partial charge in [0.25, 0.3) is 0 Å². The number of carbonyl (C=O) groups is 1. The first kappa shape index (κ1) is 14.3. The minimum atomic E-state index is 0.0120. The van der Waals surface area contributed by atoms with Crippen molar-refractivity contribution in [2.45, 2.75) is 31.8 Å². The Morgan fingerprint density at radius 3 is 2.82 bits per heavy atom. The Morgan fingerprint density at radius 2 is 2.24 bits per heavy atom. The first-order valence-electron chi connectivity index (χ1n) is 5.53. The van der Waals surface area contributed by atoms with E-state index in [1.807, 2.05) is 6.92 Å². The lowest BCUT2D eigenvalue weighted by molar-refractivity contribution is -0.119. The van der Waals surface area contributed by atoms with Crippen LogP contribution in [-0.2, 0) is 4.79 Å². The third-order valence-electron chi connectivity index (χ3n) is 2.45. The maximum absolute atomic E-state index is 11.6. The number of aromatic nitrogens is 1. The van der Waals surface area contributed by atoms with Crippen molar-refractivity contribution in [2.75, 3.05) is 5.75 Å². The number of carbonyl (C=O) groups excluding carboxylic acids is 1. The van der Waals surface area contributed by atoms with Crippen molar-refractivity contribution in [3.8, 4) is 0 Å². The Morgan fingerprint density at radius 1 is 1.53 bits per heavy atom. The maximum Gasteiger partial charge on any atom is 0.230 e. The van der Waals surface area contributed by atoms with Gasteiger partial charge in [0.1, 0.15) is 5.03 Å². The summed E-state index contributed by atoms with van der Waals surface area (Å²) < 4.78 is 0. The summed E-state index contributed by atoms with van der Waals surface area (Å²) in [4.78, 5) is 15.8. The molecule has 0 saturated heterocycles. The second-order valence-corrected chi connectivity index (χ2v) is 5.55. The number of hydrogen-bond donors (Lipinski definition) is 1. The molecule has 17 heavy (non-hydrogen) atoms. The second kappa shape index (κ2) is 6.87. The summed E-state index contributed by atoms with van der Waals surface area (Å²) in [6.07, 6.45) is 1.67. The van der Waals surface area contributed by atoms with Crippen LogP contribution < -0.4 is 5.32 Å². The Bertz CT molecular complexity index is 385. The fourth-order valence-electron chi connectivity index (χ4n) is 1.07. The second-order valence-electron chi connectivity index (χ2n) is 4.18. The van der Waals surface area contributed by atoms with Gasteiger partial charge in [0.15, 0.2) is 0 Å². The van der Waals surface area contributed by atoms with E-state index in [1.165, 1.54) is 11.8 Å². The summed E-state index contributed by atoms with van der Waals surface area (Å²) in [6.45, 7) is 6.16. The summed E-state index contributed by atoms with van der Waals surface area (Å²) in [5.41, 5.74) is 0. The van der Waals surface area contributed by atoms with E-state index in [0.29, 0.717) is 21.7 Å². The summed E-state index contributed by atoms with van der Waals surface area (Å²) in [6, 6.07) is 3.72. The maximum atomic E-state index is 11.6. The molecule has 0 bridgehead atoms. The lowest BCUT2D eigenvalue weighted by Crippen LogP contribution is -2.37. The van der Waals surface area contributed by atoms with Crippen LogP contribution >= 0.6 is 23.4 Å². The molecule has 94 valence electrons. The Hall–Kier alpha value is -0.740. The molecule has 1 heterocycles. The molecule has 0 spiro atoms. The summed E-state index contributed by atoms with van der Waals surface area (Å²) in [5.74, 6) is 0.786. The highest BCUT2D eigenvalue weighted by atomic mass is 35.5. The summed E-state index contributed by atoms with van der Waals surface area (Å²) in [7, 11) is 0. The Balaban J connectivity index is 2.41. The monoisotopic (exact) mass is 272 g/mol. The summed E-state index contributed by atoms with van der Waals surface area (Å²) >= 11 is 7.30. The van der Waals surface area contributed by atoms with Crippen molar-refractivity contribution >= 4 is 29.3 Å². The molecule has 1 unspecified atom stereocenters. The number of thioether (sulfide) groups is 1. The molecule has 1 amide bonds. The van der Waals surface area contributed by atoms with E-state index >= 15 is 0 Å². The van der Waals surface area contributed by atoms with Gasteiger partial charge in [0.05, 0.1) is 10.8 Å². The van der Waals surface area contributed by atoms with Crippen LogP contribution in [0.1, 0.15) is 20.8 Å². The molecule has 0 aliphatic heterocycles. The largest absolute Gasteiger partial charge is 0.353 e. The van der Waals surface area contributed by atoms with Crippen LogP contribution in [0.4, 0.5) is 0 Å². The zero-order valence-corrected chi connectivity index (χ0v) is 11.8. The molecule has 0 aromatic carbocycles. The standard InChI is InChI=1S/C12H17ClN2OS/c1-8(2)9(3)15-11(16)7-17-12-10(13)5-4-6-14-12/h4-6,8-9H,7H2,1-3H3,(H,15,16). The van der Waals surface area contributed by atoms with Gasteiger partial charge in [-0.1, -0.05) is 37.2 Å². The normalized spacial score (nSPS) is 12.5. The Labute approximate surface area is 111 Å². The molecule has 1 rings (SSSR count). The quantitative estimate of drug-likeness (QED) is 0.838. The summed E-state index contributed by atoms with van der Waals surface area (Å²) in [5, 5.41) is 4.22. The molecular formula is C12H17ClN2OS. The van der Waals surface area contributed by atoms with Crippen molar-refractivity contribution in [3.63, 3.8) is 0 Å². The molecule has 1 atom stereocenters.